The first-order chi connectivity index (χ1) is 12.9. The lowest BCUT2D eigenvalue weighted by molar-refractivity contribution is -0.140. The van der Waals surface area contributed by atoms with E-state index in [9.17, 15) is 9.59 Å². The molecule has 2 rings (SSSR count). The maximum absolute atomic E-state index is 12.8. The summed E-state index contributed by atoms with van der Waals surface area (Å²) in [5.41, 5.74) is 0.823. The summed E-state index contributed by atoms with van der Waals surface area (Å²) in [7, 11) is 1.56. The number of carbonyl (C=O) groups excluding carboxylic acids is 2. The Balaban J connectivity index is 2.07. The van der Waals surface area contributed by atoms with Crippen molar-refractivity contribution in [1.29, 1.82) is 0 Å². The lowest BCUT2D eigenvalue weighted by Crippen LogP contribution is -2.46. The maximum atomic E-state index is 12.8. The Morgan fingerprint density at radius 3 is 2.44 bits per heavy atom. The fraction of sp³-hybridized carbons (Fsp3) is 0.300. The molecule has 4 nitrogen and oxygen atoms in total. The SMILES string of the molecule is CNC(=O)[C@@H](C)N(Cc1ccc(Cl)c(Cl)c1)C(=O)CCSc1ccccc1. The van der Waals surface area contributed by atoms with Gasteiger partial charge in [-0.3, -0.25) is 9.59 Å². The average Bonchev–Trinajstić information content (AvgIpc) is 2.68. The molecule has 1 N–H and O–H groups in total. The van der Waals surface area contributed by atoms with Gasteiger partial charge in [0.1, 0.15) is 6.04 Å². The van der Waals surface area contributed by atoms with Gasteiger partial charge < -0.3 is 10.2 Å². The maximum Gasteiger partial charge on any atom is 0.242 e. The molecule has 0 saturated carbocycles. The van der Waals surface area contributed by atoms with E-state index in [0.29, 0.717) is 28.8 Å². The molecule has 2 aromatic rings. The Labute approximate surface area is 174 Å². The van der Waals surface area contributed by atoms with E-state index in [2.05, 4.69) is 5.32 Å². The fourth-order valence-corrected chi connectivity index (χ4v) is 3.73. The largest absolute Gasteiger partial charge is 0.357 e. The van der Waals surface area contributed by atoms with Gasteiger partial charge in [-0.25, -0.2) is 0 Å². The molecule has 0 spiro atoms. The van der Waals surface area contributed by atoms with Gasteiger partial charge in [0.05, 0.1) is 10.0 Å². The quantitative estimate of drug-likeness (QED) is 0.627. The normalized spacial score (nSPS) is 11.7. The van der Waals surface area contributed by atoms with Gasteiger partial charge in [-0.1, -0.05) is 47.5 Å². The number of halogens is 2. The zero-order valence-corrected chi connectivity index (χ0v) is 17.6. The molecule has 27 heavy (non-hydrogen) atoms. The third kappa shape index (κ3) is 6.45. The van der Waals surface area contributed by atoms with Crippen LogP contribution in [0.4, 0.5) is 0 Å². The summed E-state index contributed by atoms with van der Waals surface area (Å²) in [6.07, 6.45) is 0.336. The second-order valence-corrected chi connectivity index (χ2v) is 7.95. The zero-order chi connectivity index (χ0) is 19.8. The number of likely N-dealkylation sites (N-methyl/N-ethyl adjacent to an activating group) is 1. The van der Waals surface area contributed by atoms with Crippen molar-refractivity contribution in [2.24, 2.45) is 0 Å². The molecule has 0 saturated heterocycles. The standard InChI is InChI=1S/C20H22Cl2N2O2S/c1-14(20(26)23-2)24(13-15-8-9-17(21)18(22)12-15)19(25)10-11-27-16-6-4-3-5-7-16/h3-9,12,14H,10-11,13H2,1-2H3,(H,23,26)/t14-/m1/s1. The van der Waals surface area contributed by atoms with Crippen molar-refractivity contribution in [3.05, 3.63) is 64.1 Å². The van der Waals surface area contributed by atoms with Crippen LogP contribution >= 0.6 is 35.0 Å². The molecule has 7 heteroatoms. The topological polar surface area (TPSA) is 49.4 Å². The van der Waals surface area contributed by atoms with Crippen molar-refractivity contribution in [2.45, 2.75) is 30.8 Å². The van der Waals surface area contributed by atoms with Crippen LogP contribution in [0.5, 0.6) is 0 Å². The highest BCUT2D eigenvalue weighted by Gasteiger charge is 2.25. The van der Waals surface area contributed by atoms with Crippen molar-refractivity contribution in [3.63, 3.8) is 0 Å². The van der Waals surface area contributed by atoms with E-state index in [1.807, 2.05) is 36.4 Å². The Morgan fingerprint density at radius 1 is 1.11 bits per heavy atom. The van der Waals surface area contributed by atoms with Gasteiger partial charge in [0, 0.05) is 30.7 Å². The summed E-state index contributed by atoms with van der Waals surface area (Å²) in [4.78, 5) is 27.6. The molecule has 0 heterocycles. The highest BCUT2D eigenvalue weighted by Crippen LogP contribution is 2.24. The Kier molecular flexibility index (Phi) is 8.48. The Hall–Kier alpha value is -1.69. The van der Waals surface area contributed by atoms with Crippen LogP contribution in [0.15, 0.2) is 53.4 Å². The fourth-order valence-electron chi connectivity index (χ4n) is 2.54. The summed E-state index contributed by atoms with van der Waals surface area (Å²) in [6.45, 7) is 2.01. The second-order valence-electron chi connectivity index (χ2n) is 5.97. The van der Waals surface area contributed by atoms with Gasteiger partial charge in [-0.05, 0) is 36.8 Å². The first kappa shape index (κ1) is 21.6. The molecule has 0 aliphatic carbocycles. The smallest absolute Gasteiger partial charge is 0.242 e. The predicted octanol–water partition coefficient (Wildman–Crippen LogP) is 4.64. The van der Waals surface area contributed by atoms with E-state index in [1.165, 1.54) is 0 Å². The molecule has 2 amide bonds. The number of nitrogens with one attached hydrogen (secondary N) is 1. The molecule has 0 fully saturated rings. The molecule has 0 radical (unpaired) electrons. The Morgan fingerprint density at radius 2 is 1.81 bits per heavy atom. The lowest BCUT2D eigenvalue weighted by atomic mass is 10.1. The predicted molar refractivity (Wildman–Crippen MR) is 112 cm³/mol. The summed E-state index contributed by atoms with van der Waals surface area (Å²) < 4.78 is 0. The van der Waals surface area contributed by atoms with Crippen LogP contribution < -0.4 is 5.32 Å². The number of carbonyl (C=O) groups is 2. The highest BCUT2D eigenvalue weighted by molar-refractivity contribution is 7.99. The molecule has 0 aliphatic rings. The minimum absolute atomic E-state index is 0.0828. The number of hydrogen-bond donors (Lipinski definition) is 1. The van der Waals surface area contributed by atoms with Crippen molar-refractivity contribution in [2.75, 3.05) is 12.8 Å². The number of amides is 2. The van der Waals surface area contributed by atoms with E-state index < -0.39 is 6.04 Å². The van der Waals surface area contributed by atoms with Crippen LogP contribution in [0.1, 0.15) is 18.9 Å². The van der Waals surface area contributed by atoms with Gasteiger partial charge in [-0.15, -0.1) is 11.8 Å². The van der Waals surface area contributed by atoms with E-state index in [-0.39, 0.29) is 11.8 Å². The molecule has 1 atom stereocenters. The summed E-state index contributed by atoms with van der Waals surface area (Å²) in [6, 6.07) is 14.5. The summed E-state index contributed by atoms with van der Waals surface area (Å²) in [5.74, 6) is 0.348. The summed E-state index contributed by atoms with van der Waals surface area (Å²) >= 11 is 13.7. The van der Waals surface area contributed by atoms with Crippen LogP contribution in [-0.2, 0) is 16.1 Å². The molecule has 0 bridgehead atoms. The van der Waals surface area contributed by atoms with Crippen LogP contribution in [0.25, 0.3) is 0 Å². The monoisotopic (exact) mass is 424 g/mol. The number of nitrogens with zero attached hydrogens (tertiary/aromatic N) is 1. The number of thioether (sulfide) groups is 1. The van der Waals surface area contributed by atoms with Crippen LogP contribution in [0.2, 0.25) is 10.0 Å². The molecular formula is C20H22Cl2N2O2S. The molecular weight excluding hydrogens is 403 g/mol. The number of benzene rings is 2. The minimum atomic E-state index is -0.585. The van der Waals surface area contributed by atoms with Crippen LogP contribution in [0.3, 0.4) is 0 Å². The van der Waals surface area contributed by atoms with Crippen LogP contribution in [-0.4, -0.2) is 35.6 Å². The van der Waals surface area contributed by atoms with E-state index in [4.69, 9.17) is 23.2 Å². The van der Waals surface area contributed by atoms with E-state index >= 15 is 0 Å². The van der Waals surface area contributed by atoms with Crippen molar-refractivity contribution >= 4 is 46.8 Å². The highest BCUT2D eigenvalue weighted by atomic mass is 35.5. The van der Waals surface area contributed by atoms with E-state index in [0.717, 1.165) is 10.5 Å². The average molecular weight is 425 g/mol. The molecule has 144 valence electrons. The van der Waals surface area contributed by atoms with Crippen molar-refractivity contribution in [3.8, 4) is 0 Å². The second kappa shape index (κ2) is 10.6. The first-order valence-corrected chi connectivity index (χ1v) is 10.3. The molecule has 2 aromatic carbocycles. The number of rotatable bonds is 8. The van der Waals surface area contributed by atoms with Crippen molar-refractivity contribution < 1.29 is 9.59 Å². The third-order valence-electron chi connectivity index (χ3n) is 4.08. The van der Waals surface area contributed by atoms with Crippen LogP contribution in [0, 0.1) is 0 Å². The van der Waals surface area contributed by atoms with Gasteiger partial charge in [0.25, 0.3) is 0 Å². The first-order valence-electron chi connectivity index (χ1n) is 8.55. The van der Waals surface area contributed by atoms with E-state index in [1.54, 1.807) is 42.8 Å². The van der Waals surface area contributed by atoms with Gasteiger partial charge >= 0.3 is 0 Å². The molecule has 0 unspecified atom stereocenters. The third-order valence-corrected chi connectivity index (χ3v) is 5.83. The zero-order valence-electron chi connectivity index (χ0n) is 15.2. The summed E-state index contributed by atoms with van der Waals surface area (Å²) in [5, 5.41) is 3.48. The molecule has 0 aromatic heterocycles. The van der Waals surface area contributed by atoms with Gasteiger partial charge in [0.15, 0.2) is 0 Å². The lowest BCUT2D eigenvalue weighted by Gasteiger charge is -2.28. The molecule has 0 aliphatic heterocycles. The van der Waals surface area contributed by atoms with Gasteiger partial charge in [-0.2, -0.15) is 0 Å². The van der Waals surface area contributed by atoms with Gasteiger partial charge in [0.2, 0.25) is 11.8 Å². The number of hydrogen-bond acceptors (Lipinski definition) is 3. The van der Waals surface area contributed by atoms with Crippen molar-refractivity contribution in [1.82, 2.24) is 10.2 Å². The minimum Gasteiger partial charge on any atom is -0.357 e. The Bertz CT molecular complexity index is 787.